The van der Waals surface area contributed by atoms with Crippen molar-refractivity contribution in [3.63, 3.8) is 0 Å². The summed E-state index contributed by atoms with van der Waals surface area (Å²) in [4.78, 5) is 50.1. The summed E-state index contributed by atoms with van der Waals surface area (Å²) in [5, 5.41) is 0. The summed E-state index contributed by atoms with van der Waals surface area (Å²) in [7, 11) is 2.34. The first-order valence-electron chi connectivity index (χ1n) is 15.9. The standard InChI is InChI=1S/C38H37N2O9P/c1-25-23-39(37(43)40(35(25)41)36(42)26-10-6-4-7-11-26)34-22-32(49-50-44)33(48-34)24-47-38(27-12-8-5-9-13-27,28-14-18-30(45-2)19-15-28)29-16-20-31(46-3)21-17-29/h4-21,23,32-34,44,50H,22,24H2,1-3H3/t32-,33+,34+/m0/s1. The van der Waals surface area contributed by atoms with E-state index >= 15 is 0 Å². The van der Waals surface area contributed by atoms with Crippen molar-refractivity contribution >= 4 is 14.9 Å². The normalized spacial score (nSPS) is 17.6. The van der Waals surface area contributed by atoms with E-state index in [1.54, 1.807) is 32.4 Å². The first-order valence-corrected chi connectivity index (χ1v) is 16.8. The molecule has 4 aromatic carbocycles. The molecule has 1 N–H and O–H groups in total. The Morgan fingerprint density at radius 2 is 1.38 bits per heavy atom. The maximum Gasteiger partial charge on any atom is 0.340 e. The highest BCUT2D eigenvalue weighted by Crippen LogP contribution is 2.43. The second kappa shape index (κ2) is 15.3. The lowest BCUT2D eigenvalue weighted by Crippen LogP contribution is -2.45. The van der Waals surface area contributed by atoms with Crippen molar-refractivity contribution in [2.75, 3.05) is 20.8 Å². The molecule has 2 heterocycles. The van der Waals surface area contributed by atoms with E-state index in [0.717, 1.165) is 16.7 Å². The predicted molar refractivity (Wildman–Crippen MR) is 188 cm³/mol. The molecule has 1 aliphatic rings. The molecule has 1 fully saturated rings. The second-order valence-electron chi connectivity index (χ2n) is 11.7. The average molecular weight is 697 g/mol. The molecular weight excluding hydrogens is 659 g/mol. The zero-order valence-corrected chi connectivity index (χ0v) is 28.7. The number of nitrogens with zero attached hydrogens (tertiary/aromatic N) is 2. The molecule has 1 unspecified atom stereocenters. The third-order valence-electron chi connectivity index (χ3n) is 8.84. The highest BCUT2D eigenvalue weighted by atomic mass is 31.1. The monoisotopic (exact) mass is 696 g/mol. The summed E-state index contributed by atoms with van der Waals surface area (Å²) in [6.07, 6.45) is -0.867. The molecule has 1 saturated heterocycles. The van der Waals surface area contributed by atoms with Crippen LogP contribution < -0.4 is 20.7 Å². The van der Waals surface area contributed by atoms with Gasteiger partial charge in [0.05, 0.1) is 26.9 Å². The summed E-state index contributed by atoms with van der Waals surface area (Å²) in [6, 6.07) is 33.1. The molecular formula is C38H37N2O9P. The lowest BCUT2D eigenvalue weighted by Gasteiger charge is -2.37. The van der Waals surface area contributed by atoms with Gasteiger partial charge in [-0.1, -0.05) is 72.8 Å². The number of hydrogen-bond donors (Lipinski definition) is 1. The van der Waals surface area contributed by atoms with Crippen LogP contribution in [0.5, 0.6) is 11.5 Å². The molecule has 258 valence electrons. The molecule has 4 atom stereocenters. The Morgan fingerprint density at radius 1 is 0.840 bits per heavy atom. The van der Waals surface area contributed by atoms with Gasteiger partial charge in [-0.3, -0.25) is 14.2 Å². The number of carbonyl (C=O) groups is 1. The van der Waals surface area contributed by atoms with Crippen LogP contribution >= 0.6 is 9.03 Å². The van der Waals surface area contributed by atoms with Crippen molar-refractivity contribution in [1.82, 2.24) is 9.13 Å². The minimum absolute atomic E-state index is 0.0328. The fraction of sp³-hybridized carbons (Fsp3) is 0.237. The molecule has 1 aromatic heterocycles. The molecule has 0 spiro atoms. The fourth-order valence-electron chi connectivity index (χ4n) is 6.29. The SMILES string of the molecule is COc1ccc(C(OC[C@H]2O[C@@H](n3cc(C)c(=O)n(C(=O)c4ccccc4)c3=O)C[C@@H]2OPO)(c2ccccc2)c2ccc(OC)cc2)cc1. The minimum Gasteiger partial charge on any atom is -0.497 e. The topological polar surface area (TPSA) is 127 Å². The Bertz CT molecular complexity index is 1980. The van der Waals surface area contributed by atoms with Crippen LogP contribution in [-0.4, -0.2) is 53.0 Å². The zero-order chi connectivity index (χ0) is 35.3. The van der Waals surface area contributed by atoms with E-state index in [-0.39, 0.29) is 24.2 Å². The van der Waals surface area contributed by atoms with Crippen molar-refractivity contribution in [3.8, 4) is 11.5 Å². The van der Waals surface area contributed by atoms with Crippen molar-refractivity contribution in [2.45, 2.75) is 37.4 Å². The summed E-state index contributed by atoms with van der Waals surface area (Å²) in [6.45, 7) is 1.50. The Balaban J connectivity index is 1.39. The lowest BCUT2D eigenvalue weighted by molar-refractivity contribution is -0.0912. The molecule has 11 nitrogen and oxygen atoms in total. The molecule has 5 aromatic rings. The molecule has 50 heavy (non-hydrogen) atoms. The first kappa shape index (κ1) is 34.9. The van der Waals surface area contributed by atoms with Crippen LogP contribution in [0.15, 0.2) is 125 Å². The Labute approximate surface area is 290 Å². The zero-order valence-electron chi connectivity index (χ0n) is 27.7. The highest BCUT2D eigenvalue weighted by Gasteiger charge is 2.43. The van der Waals surface area contributed by atoms with Gasteiger partial charge in [-0.2, -0.15) is 4.57 Å². The van der Waals surface area contributed by atoms with Gasteiger partial charge in [0, 0.05) is 23.7 Å². The van der Waals surface area contributed by atoms with Gasteiger partial charge in [0.1, 0.15) is 29.4 Å². The van der Waals surface area contributed by atoms with Crippen LogP contribution in [0.1, 0.15) is 45.3 Å². The van der Waals surface area contributed by atoms with Crippen LogP contribution in [-0.2, 0) is 19.6 Å². The molecule has 0 saturated carbocycles. The smallest absolute Gasteiger partial charge is 0.340 e. The average Bonchev–Trinajstić information content (AvgIpc) is 3.56. The van der Waals surface area contributed by atoms with Crippen LogP contribution in [0.3, 0.4) is 0 Å². The number of aryl methyl sites for hydroxylation is 1. The highest BCUT2D eigenvalue weighted by molar-refractivity contribution is 7.25. The molecule has 0 aliphatic carbocycles. The molecule has 0 bridgehead atoms. The summed E-state index contributed by atoms with van der Waals surface area (Å²) >= 11 is 0. The van der Waals surface area contributed by atoms with E-state index in [2.05, 4.69) is 0 Å². The molecule has 6 rings (SSSR count). The van der Waals surface area contributed by atoms with E-state index in [9.17, 15) is 19.3 Å². The number of hydrogen-bond acceptors (Lipinski definition) is 9. The summed E-state index contributed by atoms with van der Waals surface area (Å²) < 4.78 is 31.9. The first-order chi connectivity index (χ1) is 24.3. The van der Waals surface area contributed by atoms with Crippen LogP contribution in [0.25, 0.3) is 0 Å². The van der Waals surface area contributed by atoms with Gasteiger partial charge in [0.2, 0.25) is 0 Å². The van der Waals surface area contributed by atoms with E-state index in [1.165, 1.54) is 29.8 Å². The maximum absolute atomic E-state index is 13.8. The molecule has 0 amide bonds. The Morgan fingerprint density at radius 3 is 1.92 bits per heavy atom. The molecule has 0 radical (unpaired) electrons. The number of aromatic nitrogens is 2. The van der Waals surface area contributed by atoms with Crippen molar-refractivity contribution in [2.24, 2.45) is 0 Å². The lowest BCUT2D eigenvalue weighted by atomic mass is 9.80. The number of carbonyl (C=O) groups excluding carboxylic acids is 1. The van der Waals surface area contributed by atoms with Crippen LogP contribution in [0.4, 0.5) is 0 Å². The van der Waals surface area contributed by atoms with Crippen LogP contribution in [0, 0.1) is 6.92 Å². The third kappa shape index (κ3) is 6.79. The van der Waals surface area contributed by atoms with Crippen molar-refractivity contribution in [1.29, 1.82) is 0 Å². The Kier molecular flexibility index (Phi) is 10.7. The van der Waals surface area contributed by atoms with Gasteiger partial charge >= 0.3 is 5.69 Å². The quantitative estimate of drug-likeness (QED) is 0.138. The minimum atomic E-state index is -1.16. The number of methoxy groups -OCH3 is 2. The summed E-state index contributed by atoms with van der Waals surface area (Å²) in [5.74, 6) is 0.613. The van der Waals surface area contributed by atoms with E-state index in [4.69, 9.17) is 23.5 Å². The van der Waals surface area contributed by atoms with Gasteiger partial charge in [-0.05, 0) is 60.0 Å². The number of rotatable bonds is 12. The number of benzene rings is 4. The van der Waals surface area contributed by atoms with Gasteiger partial charge in [0.15, 0.2) is 9.03 Å². The van der Waals surface area contributed by atoms with Crippen LogP contribution in [0.2, 0.25) is 0 Å². The fourth-order valence-corrected chi connectivity index (χ4v) is 6.67. The maximum atomic E-state index is 13.8. The largest absolute Gasteiger partial charge is 0.497 e. The third-order valence-corrected chi connectivity index (χ3v) is 9.25. The molecule has 1 aliphatic heterocycles. The molecule has 12 heteroatoms. The predicted octanol–water partition coefficient (Wildman–Crippen LogP) is 5.21. The van der Waals surface area contributed by atoms with Gasteiger partial charge < -0.3 is 28.4 Å². The van der Waals surface area contributed by atoms with Gasteiger partial charge in [-0.15, -0.1) is 0 Å². The van der Waals surface area contributed by atoms with Crippen molar-refractivity contribution in [3.05, 3.63) is 164 Å². The number of ether oxygens (including phenoxy) is 4. The van der Waals surface area contributed by atoms with E-state index in [0.29, 0.717) is 16.1 Å². The van der Waals surface area contributed by atoms with E-state index < -0.39 is 50.2 Å². The van der Waals surface area contributed by atoms with Crippen molar-refractivity contribution < 1.29 is 33.2 Å². The Hall–Kier alpha value is -4.90. The second-order valence-corrected chi connectivity index (χ2v) is 12.2. The van der Waals surface area contributed by atoms with Gasteiger partial charge in [-0.25, -0.2) is 4.79 Å². The van der Waals surface area contributed by atoms with Gasteiger partial charge in [0.25, 0.3) is 11.5 Å². The van der Waals surface area contributed by atoms with E-state index in [1.807, 2.05) is 78.9 Å². The summed E-state index contributed by atoms with van der Waals surface area (Å²) in [5.41, 5.74) is 0.115.